The van der Waals surface area contributed by atoms with Crippen molar-refractivity contribution in [3.8, 4) is 0 Å². The van der Waals surface area contributed by atoms with Gasteiger partial charge in [0.05, 0.1) is 14.7 Å². The number of pyridine rings is 1. The van der Waals surface area contributed by atoms with E-state index in [1.165, 1.54) is 11.3 Å². The number of rotatable bonds is 5. The molecule has 6 nitrogen and oxygen atoms in total. The zero-order valence-electron chi connectivity index (χ0n) is 13.5. The summed E-state index contributed by atoms with van der Waals surface area (Å²) in [5.74, 6) is -1.16. The molecule has 0 saturated heterocycles. The molecule has 0 fully saturated rings. The molecule has 132 valence electrons. The van der Waals surface area contributed by atoms with Crippen LogP contribution in [0.15, 0.2) is 48.5 Å². The highest BCUT2D eigenvalue weighted by atomic mass is 35.5. The van der Waals surface area contributed by atoms with Crippen LogP contribution >= 0.6 is 22.9 Å². The molecule has 0 saturated carbocycles. The van der Waals surface area contributed by atoms with Gasteiger partial charge in [-0.3, -0.25) is 25.2 Å². The average molecular weight is 388 g/mol. The van der Waals surface area contributed by atoms with E-state index >= 15 is 0 Å². The van der Waals surface area contributed by atoms with Gasteiger partial charge >= 0.3 is 0 Å². The highest BCUT2D eigenvalue weighted by Crippen LogP contribution is 2.22. The molecule has 2 aromatic heterocycles. The minimum absolute atomic E-state index is 0.0345. The number of nitrogens with zero attached hydrogens (tertiary/aromatic N) is 1. The summed E-state index contributed by atoms with van der Waals surface area (Å²) in [7, 11) is 0. The predicted molar refractivity (Wildman–Crippen MR) is 100 cm³/mol. The van der Waals surface area contributed by atoms with E-state index in [1.54, 1.807) is 30.3 Å². The van der Waals surface area contributed by atoms with Gasteiger partial charge in [0, 0.05) is 18.2 Å². The molecule has 1 aromatic carbocycles. The van der Waals surface area contributed by atoms with E-state index in [1.807, 2.05) is 18.2 Å². The van der Waals surface area contributed by atoms with Gasteiger partial charge in [-0.05, 0) is 24.3 Å². The summed E-state index contributed by atoms with van der Waals surface area (Å²) in [4.78, 5) is 40.6. The Kier molecular flexibility index (Phi) is 5.60. The molecule has 2 N–H and O–H groups in total. The summed E-state index contributed by atoms with van der Waals surface area (Å²) in [6, 6.07) is 14.0. The minimum atomic E-state index is -0.527. The first-order valence-corrected chi connectivity index (χ1v) is 8.96. The number of hydrazine groups is 1. The van der Waals surface area contributed by atoms with Gasteiger partial charge in [0.2, 0.25) is 5.91 Å². The van der Waals surface area contributed by atoms with Crippen LogP contribution in [0.25, 0.3) is 10.9 Å². The Labute approximate surface area is 158 Å². The third-order valence-electron chi connectivity index (χ3n) is 3.57. The van der Waals surface area contributed by atoms with Crippen molar-refractivity contribution in [2.24, 2.45) is 0 Å². The Morgan fingerprint density at radius 1 is 0.962 bits per heavy atom. The lowest BCUT2D eigenvalue weighted by molar-refractivity contribution is -0.121. The van der Waals surface area contributed by atoms with Gasteiger partial charge in [-0.15, -0.1) is 11.3 Å². The summed E-state index contributed by atoms with van der Waals surface area (Å²) < 4.78 is 0.521. The standard InChI is InChI=1S/C18H14ClN3O3S/c19-16-9-8-15(26-16)14(23)7-10-17(24)21-22-18(25)13-6-5-11-3-1-2-4-12(11)20-13/h1-6,8-9H,7,10H2,(H,21,24)(H,22,25). The maximum Gasteiger partial charge on any atom is 0.288 e. The normalized spacial score (nSPS) is 10.5. The highest BCUT2D eigenvalue weighted by Gasteiger charge is 2.13. The zero-order valence-corrected chi connectivity index (χ0v) is 15.1. The number of fused-ring (bicyclic) bond motifs is 1. The van der Waals surface area contributed by atoms with Gasteiger partial charge in [0.15, 0.2) is 5.78 Å². The van der Waals surface area contributed by atoms with Crippen molar-refractivity contribution >= 4 is 51.4 Å². The monoisotopic (exact) mass is 387 g/mol. The number of halogens is 1. The van der Waals surface area contributed by atoms with E-state index in [0.29, 0.717) is 14.7 Å². The molecule has 0 atom stereocenters. The van der Waals surface area contributed by atoms with Gasteiger partial charge in [-0.1, -0.05) is 35.9 Å². The van der Waals surface area contributed by atoms with Crippen molar-refractivity contribution in [2.75, 3.05) is 0 Å². The lowest BCUT2D eigenvalue weighted by Gasteiger charge is -2.07. The van der Waals surface area contributed by atoms with Crippen molar-refractivity contribution in [1.29, 1.82) is 0 Å². The van der Waals surface area contributed by atoms with E-state index in [4.69, 9.17) is 11.6 Å². The Morgan fingerprint density at radius 3 is 2.54 bits per heavy atom. The molecule has 0 radical (unpaired) electrons. The number of amides is 2. The summed E-state index contributed by atoms with van der Waals surface area (Å²) in [5, 5.41) is 0.917. The molecular formula is C18H14ClN3O3S. The van der Waals surface area contributed by atoms with Crippen LogP contribution < -0.4 is 10.9 Å². The van der Waals surface area contributed by atoms with E-state index in [2.05, 4.69) is 15.8 Å². The van der Waals surface area contributed by atoms with Gasteiger partial charge in [0.1, 0.15) is 5.69 Å². The lowest BCUT2D eigenvalue weighted by atomic mass is 10.2. The Hall–Kier alpha value is -2.77. The number of nitrogens with one attached hydrogen (secondary N) is 2. The number of thiophene rings is 1. The first-order chi connectivity index (χ1) is 12.5. The number of aromatic nitrogens is 1. The van der Waals surface area contributed by atoms with Crippen LogP contribution in [0, 0.1) is 0 Å². The maximum absolute atomic E-state index is 12.1. The number of carbonyl (C=O) groups excluding carboxylic acids is 3. The fourth-order valence-electron chi connectivity index (χ4n) is 2.26. The Balaban J connectivity index is 1.50. The number of para-hydroxylation sites is 1. The molecule has 3 rings (SSSR count). The van der Waals surface area contributed by atoms with E-state index in [-0.39, 0.29) is 24.3 Å². The third-order valence-corrected chi connectivity index (χ3v) is 4.85. The van der Waals surface area contributed by atoms with Crippen LogP contribution in [0.2, 0.25) is 4.34 Å². The van der Waals surface area contributed by atoms with Crippen molar-refractivity contribution in [1.82, 2.24) is 15.8 Å². The molecule has 8 heteroatoms. The Bertz CT molecular complexity index is 986. The van der Waals surface area contributed by atoms with Crippen LogP contribution in [-0.4, -0.2) is 22.6 Å². The van der Waals surface area contributed by atoms with E-state index in [9.17, 15) is 14.4 Å². The molecule has 3 aromatic rings. The SMILES string of the molecule is O=C(CCC(=O)c1ccc(Cl)s1)NNC(=O)c1ccc2ccccc2n1. The molecule has 26 heavy (non-hydrogen) atoms. The molecule has 0 aliphatic rings. The number of benzene rings is 1. The molecule has 0 spiro atoms. The lowest BCUT2D eigenvalue weighted by Crippen LogP contribution is -2.42. The maximum atomic E-state index is 12.1. The summed E-state index contributed by atoms with van der Waals surface area (Å²) in [6.45, 7) is 0. The molecule has 0 aliphatic carbocycles. The van der Waals surface area contributed by atoms with E-state index < -0.39 is 11.8 Å². The average Bonchev–Trinajstić information content (AvgIpc) is 3.10. The van der Waals surface area contributed by atoms with Crippen molar-refractivity contribution < 1.29 is 14.4 Å². The van der Waals surface area contributed by atoms with Gasteiger partial charge < -0.3 is 0 Å². The number of hydrogen-bond acceptors (Lipinski definition) is 5. The van der Waals surface area contributed by atoms with Crippen LogP contribution in [0.1, 0.15) is 33.0 Å². The molecular weight excluding hydrogens is 374 g/mol. The molecule has 2 heterocycles. The molecule has 0 bridgehead atoms. The van der Waals surface area contributed by atoms with Gasteiger partial charge in [-0.25, -0.2) is 4.98 Å². The van der Waals surface area contributed by atoms with Crippen LogP contribution in [0.4, 0.5) is 0 Å². The first-order valence-electron chi connectivity index (χ1n) is 7.76. The highest BCUT2D eigenvalue weighted by molar-refractivity contribution is 7.18. The summed E-state index contributed by atoms with van der Waals surface area (Å²) in [6.07, 6.45) is -0.00739. The van der Waals surface area contributed by atoms with Crippen molar-refractivity contribution in [3.05, 3.63) is 63.4 Å². The van der Waals surface area contributed by atoms with Gasteiger partial charge in [0.25, 0.3) is 5.91 Å². The van der Waals surface area contributed by atoms with Crippen LogP contribution in [-0.2, 0) is 4.79 Å². The number of carbonyl (C=O) groups is 3. The summed E-state index contributed by atoms with van der Waals surface area (Å²) in [5.41, 5.74) is 5.46. The second-order valence-electron chi connectivity index (χ2n) is 5.42. The van der Waals surface area contributed by atoms with Crippen LogP contribution in [0.3, 0.4) is 0 Å². The number of Topliss-reactive ketones (excluding diaryl/α,β-unsaturated/α-hetero) is 1. The number of hydrogen-bond donors (Lipinski definition) is 2. The fourth-order valence-corrected chi connectivity index (χ4v) is 3.27. The topological polar surface area (TPSA) is 88.2 Å². The zero-order chi connectivity index (χ0) is 18.5. The molecule has 0 unspecified atom stereocenters. The summed E-state index contributed by atoms with van der Waals surface area (Å²) >= 11 is 6.95. The molecule has 0 aliphatic heterocycles. The smallest absolute Gasteiger partial charge is 0.288 e. The predicted octanol–water partition coefficient (Wildman–Crippen LogP) is 3.37. The molecule has 2 amide bonds. The van der Waals surface area contributed by atoms with Crippen LogP contribution in [0.5, 0.6) is 0 Å². The quantitative estimate of drug-likeness (QED) is 0.519. The fraction of sp³-hybridized carbons (Fsp3) is 0.111. The third kappa shape index (κ3) is 4.44. The van der Waals surface area contributed by atoms with Crippen molar-refractivity contribution in [2.45, 2.75) is 12.8 Å². The minimum Gasteiger partial charge on any atom is -0.293 e. The number of ketones is 1. The van der Waals surface area contributed by atoms with E-state index in [0.717, 1.165) is 5.39 Å². The largest absolute Gasteiger partial charge is 0.293 e. The van der Waals surface area contributed by atoms with Crippen molar-refractivity contribution in [3.63, 3.8) is 0 Å². The first kappa shape index (κ1) is 18.0. The second-order valence-corrected chi connectivity index (χ2v) is 7.13. The Morgan fingerprint density at radius 2 is 1.77 bits per heavy atom. The van der Waals surface area contributed by atoms with Gasteiger partial charge in [-0.2, -0.15) is 0 Å². The second kappa shape index (κ2) is 8.07.